The Bertz CT molecular complexity index is 419. The van der Waals surface area contributed by atoms with Gasteiger partial charge in [0.05, 0.1) is 12.6 Å². The van der Waals surface area contributed by atoms with E-state index in [1.807, 2.05) is 0 Å². The Labute approximate surface area is 113 Å². The van der Waals surface area contributed by atoms with Crippen LogP contribution in [0.15, 0.2) is 24.8 Å². The molecule has 0 spiro atoms. The Hall–Kier alpha value is -1.62. The number of hydrogen-bond donors (Lipinski definition) is 2. The lowest BCUT2D eigenvalue weighted by Gasteiger charge is -2.35. The van der Waals surface area contributed by atoms with Gasteiger partial charge in [-0.1, -0.05) is 18.2 Å². The van der Waals surface area contributed by atoms with Gasteiger partial charge in [-0.25, -0.2) is 0 Å². The number of likely N-dealkylation sites (tertiary alicyclic amines) is 1. The molecule has 2 heterocycles. The highest BCUT2D eigenvalue weighted by molar-refractivity contribution is 6.08. The molecule has 0 saturated carbocycles. The first-order chi connectivity index (χ1) is 9.15. The maximum Gasteiger partial charge on any atom is 0.242 e. The van der Waals surface area contributed by atoms with E-state index in [1.165, 1.54) is 0 Å². The van der Waals surface area contributed by atoms with Crippen molar-refractivity contribution in [2.45, 2.75) is 25.3 Å². The van der Waals surface area contributed by atoms with Crippen LogP contribution in [0, 0.1) is 5.41 Å². The van der Waals surface area contributed by atoms with Crippen molar-refractivity contribution >= 4 is 11.8 Å². The van der Waals surface area contributed by atoms with Crippen LogP contribution in [0.4, 0.5) is 0 Å². The molecule has 5 nitrogen and oxygen atoms in total. The summed E-state index contributed by atoms with van der Waals surface area (Å²) >= 11 is 0. The van der Waals surface area contributed by atoms with Gasteiger partial charge in [0.25, 0.3) is 0 Å². The lowest BCUT2D eigenvalue weighted by atomic mass is 9.79. The summed E-state index contributed by atoms with van der Waals surface area (Å²) in [6, 6.07) is -0.169. The van der Waals surface area contributed by atoms with Gasteiger partial charge in [0, 0.05) is 13.1 Å². The normalized spacial score (nSPS) is 30.3. The van der Waals surface area contributed by atoms with Crippen molar-refractivity contribution in [3.8, 4) is 0 Å². The number of carbonyl (C=O) groups excluding carboxylic acids is 2. The van der Waals surface area contributed by atoms with Crippen molar-refractivity contribution < 1.29 is 14.7 Å². The number of aliphatic hydroxyl groups excluding tert-OH is 1. The molecule has 0 aromatic heterocycles. The fourth-order valence-electron chi connectivity index (χ4n) is 2.84. The van der Waals surface area contributed by atoms with E-state index in [1.54, 1.807) is 23.1 Å². The summed E-state index contributed by atoms with van der Waals surface area (Å²) in [6.07, 6.45) is 7.01. The summed E-state index contributed by atoms with van der Waals surface area (Å²) in [5.41, 5.74) is -1.18. The minimum atomic E-state index is -1.18. The molecule has 0 radical (unpaired) electrons. The van der Waals surface area contributed by atoms with E-state index in [0.29, 0.717) is 13.1 Å². The lowest BCUT2D eigenvalue weighted by Crippen LogP contribution is -2.54. The SMILES string of the molecule is C=CC[C@]1(C(=O)N2CCC[C@H]2CO)C=CCNC1=O. The lowest BCUT2D eigenvalue weighted by molar-refractivity contribution is -0.148. The first-order valence-corrected chi connectivity index (χ1v) is 6.64. The number of amides is 2. The molecular weight excluding hydrogens is 244 g/mol. The summed E-state index contributed by atoms with van der Waals surface area (Å²) in [7, 11) is 0. The molecule has 0 aliphatic carbocycles. The molecule has 2 atom stereocenters. The predicted molar refractivity (Wildman–Crippen MR) is 71.2 cm³/mol. The standard InChI is InChI=1S/C14H20N2O3/c1-2-6-14(7-4-8-15-12(14)18)13(19)16-9-3-5-11(16)10-17/h2,4,7,11,17H,1,3,5-6,8-10H2,(H,15,18)/t11-,14-/m0/s1. The van der Waals surface area contributed by atoms with Gasteiger partial charge in [0.15, 0.2) is 0 Å². The highest BCUT2D eigenvalue weighted by Crippen LogP contribution is 2.33. The number of carbonyl (C=O) groups is 2. The van der Waals surface area contributed by atoms with Crippen LogP contribution in [0.2, 0.25) is 0 Å². The zero-order chi connectivity index (χ0) is 13.9. The Kier molecular flexibility index (Phi) is 4.04. The average molecular weight is 264 g/mol. The largest absolute Gasteiger partial charge is 0.394 e. The fraction of sp³-hybridized carbons (Fsp3) is 0.571. The Balaban J connectivity index is 2.31. The Morgan fingerprint density at radius 1 is 1.68 bits per heavy atom. The molecule has 2 aliphatic heterocycles. The average Bonchev–Trinajstić information content (AvgIpc) is 2.89. The molecule has 19 heavy (non-hydrogen) atoms. The van der Waals surface area contributed by atoms with Crippen LogP contribution in [-0.4, -0.2) is 47.6 Å². The number of nitrogens with one attached hydrogen (secondary N) is 1. The third kappa shape index (κ3) is 2.30. The van der Waals surface area contributed by atoms with E-state index in [9.17, 15) is 14.7 Å². The smallest absolute Gasteiger partial charge is 0.242 e. The quantitative estimate of drug-likeness (QED) is 0.563. The first kappa shape index (κ1) is 13.8. The van der Waals surface area contributed by atoms with Crippen LogP contribution >= 0.6 is 0 Å². The highest BCUT2D eigenvalue weighted by atomic mass is 16.3. The highest BCUT2D eigenvalue weighted by Gasteiger charge is 2.48. The molecule has 1 fully saturated rings. The molecular formula is C14H20N2O3. The molecule has 2 amide bonds. The molecule has 5 heteroatoms. The van der Waals surface area contributed by atoms with Crippen molar-refractivity contribution in [2.75, 3.05) is 19.7 Å². The molecule has 0 bridgehead atoms. The Morgan fingerprint density at radius 2 is 2.47 bits per heavy atom. The van der Waals surface area contributed by atoms with E-state index in [-0.39, 0.29) is 30.9 Å². The maximum absolute atomic E-state index is 12.7. The summed E-state index contributed by atoms with van der Waals surface area (Å²) in [4.78, 5) is 26.6. The van der Waals surface area contributed by atoms with Gasteiger partial charge in [-0.05, 0) is 19.3 Å². The third-order valence-electron chi connectivity index (χ3n) is 3.88. The van der Waals surface area contributed by atoms with Crippen molar-refractivity contribution in [3.63, 3.8) is 0 Å². The van der Waals surface area contributed by atoms with E-state index in [4.69, 9.17) is 0 Å². The number of aliphatic hydroxyl groups is 1. The van der Waals surface area contributed by atoms with E-state index in [2.05, 4.69) is 11.9 Å². The minimum absolute atomic E-state index is 0.0543. The van der Waals surface area contributed by atoms with Crippen molar-refractivity contribution in [3.05, 3.63) is 24.8 Å². The molecule has 1 saturated heterocycles. The van der Waals surface area contributed by atoms with Gasteiger partial charge >= 0.3 is 0 Å². The van der Waals surface area contributed by atoms with Gasteiger partial charge in [-0.2, -0.15) is 0 Å². The fourth-order valence-corrected chi connectivity index (χ4v) is 2.84. The van der Waals surface area contributed by atoms with Gasteiger partial charge in [-0.3, -0.25) is 9.59 Å². The zero-order valence-corrected chi connectivity index (χ0v) is 11.0. The maximum atomic E-state index is 12.7. The second-order valence-electron chi connectivity index (χ2n) is 5.05. The van der Waals surface area contributed by atoms with Crippen LogP contribution in [0.25, 0.3) is 0 Å². The molecule has 0 unspecified atom stereocenters. The van der Waals surface area contributed by atoms with Crippen molar-refractivity contribution in [1.29, 1.82) is 0 Å². The summed E-state index contributed by atoms with van der Waals surface area (Å²) in [6.45, 7) is 4.65. The van der Waals surface area contributed by atoms with E-state index in [0.717, 1.165) is 12.8 Å². The monoisotopic (exact) mass is 264 g/mol. The predicted octanol–water partition coefficient (Wildman–Crippen LogP) is 0.218. The van der Waals surface area contributed by atoms with Gasteiger partial charge in [-0.15, -0.1) is 6.58 Å². The molecule has 104 valence electrons. The molecule has 0 aromatic rings. The topological polar surface area (TPSA) is 69.6 Å². The molecule has 2 N–H and O–H groups in total. The van der Waals surface area contributed by atoms with Crippen molar-refractivity contribution in [1.82, 2.24) is 10.2 Å². The second-order valence-corrected chi connectivity index (χ2v) is 5.05. The van der Waals surface area contributed by atoms with Crippen LogP contribution in [0.5, 0.6) is 0 Å². The van der Waals surface area contributed by atoms with Crippen LogP contribution in [-0.2, 0) is 9.59 Å². The van der Waals surface area contributed by atoms with Crippen LogP contribution < -0.4 is 5.32 Å². The zero-order valence-electron chi connectivity index (χ0n) is 11.0. The summed E-state index contributed by atoms with van der Waals surface area (Å²) in [5, 5.41) is 12.0. The van der Waals surface area contributed by atoms with Gasteiger partial charge in [0.2, 0.25) is 11.8 Å². The van der Waals surface area contributed by atoms with E-state index < -0.39 is 5.41 Å². The van der Waals surface area contributed by atoms with E-state index >= 15 is 0 Å². The van der Waals surface area contributed by atoms with Crippen LogP contribution in [0.3, 0.4) is 0 Å². The summed E-state index contributed by atoms with van der Waals surface area (Å²) < 4.78 is 0. The molecule has 0 aromatic carbocycles. The molecule has 2 aliphatic rings. The minimum Gasteiger partial charge on any atom is -0.394 e. The first-order valence-electron chi connectivity index (χ1n) is 6.64. The molecule has 2 rings (SSSR count). The van der Waals surface area contributed by atoms with Gasteiger partial charge < -0.3 is 15.3 Å². The number of hydrogen-bond acceptors (Lipinski definition) is 3. The number of allylic oxidation sites excluding steroid dienone is 1. The summed E-state index contributed by atoms with van der Waals surface area (Å²) in [5.74, 6) is -0.499. The van der Waals surface area contributed by atoms with Crippen molar-refractivity contribution in [2.24, 2.45) is 5.41 Å². The number of nitrogens with zero attached hydrogens (tertiary/aromatic N) is 1. The van der Waals surface area contributed by atoms with Crippen LogP contribution in [0.1, 0.15) is 19.3 Å². The number of rotatable bonds is 4. The third-order valence-corrected chi connectivity index (χ3v) is 3.88. The second kappa shape index (κ2) is 5.57. The Morgan fingerprint density at radius 3 is 3.11 bits per heavy atom. The van der Waals surface area contributed by atoms with Gasteiger partial charge in [0.1, 0.15) is 5.41 Å².